The number of rotatable bonds is 3. The second kappa shape index (κ2) is 6.12. The van der Waals surface area contributed by atoms with Gasteiger partial charge in [0.2, 0.25) is 5.91 Å². The van der Waals surface area contributed by atoms with Crippen LogP contribution >= 0.6 is 12.2 Å². The summed E-state index contributed by atoms with van der Waals surface area (Å²) in [4.78, 5) is 14.4. The van der Waals surface area contributed by atoms with Crippen molar-refractivity contribution in [2.24, 2.45) is 11.7 Å². The average molecular weight is 278 g/mol. The molecule has 4 nitrogen and oxygen atoms in total. The molecule has 0 spiro atoms. The Balaban J connectivity index is 2.13. The lowest BCUT2D eigenvalue weighted by molar-refractivity contribution is -0.124. The molecule has 1 amide bonds. The fourth-order valence-corrected chi connectivity index (χ4v) is 2.34. The van der Waals surface area contributed by atoms with Gasteiger partial charge in [0.15, 0.2) is 0 Å². The van der Waals surface area contributed by atoms with Crippen molar-refractivity contribution in [3.63, 3.8) is 0 Å². The van der Waals surface area contributed by atoms with E-state index in [1.54, 1.807) is 11.9 Å². The zero-order valence-electron chi connectivity index (χ0n) is 11.0. The van der Waals surface area contributed by atoms with E-state index in [4.69, 9.17) is 22.7 Å². The molecule has 2 N–H and O–H groups in total. The van der Waals surface area contributed by atoms with Gasteiger partial charge in [-0.2, -0.15) is 0 Å². The molecule has 0 aromatic heterocycles. The fraction of sp³-hybridized carbons (Fsp3) is 0.429. The molecule has 0 unspecified atom stereocenters. The van der Waals surface area contributed by atoms with Gasteiger partial charge < -0.3 is 15.4 Å². The minimum absolute atomic E-state index is 0.0484. The molecule has 19 heavy (non-hydrogen) atoms. The summed E-state index contributed by atoms with van der Waals surface area (Å²) in [6, 6.07) is 7.44. The third kappa shape index (κ3) is 3.30. The lowest BCUT2D eigenvalue weighted by atomic mass is 9.98. The van der Waals surface area contributed by atoms with Crippen LogP contribution in [0.25, 0.3) is 0 Å². The predicted octanol–water partition coefficient (Wildman–Crippen LogP) is 1.71. The molecule has 5 heteroatoms. The maximum Gasteiger partial charge on any atom is 0.230 e. The first kappa shape index (κ1) is 14.0. The Bertz CT molecular complexity index is 484. The van der Waals surface area contributed by atoms with Crippen LogP contribution in [0.5, 0.6) is 0 Å². The molecule has 1 fully saturated rings. The lowest BCUT2D eigenvalue weighted by Crippen LogP contribution is -2.36. The maximum atomic E-state index is 12.4. The summed E-state index contributed by atoms with van der Waals surface area (Å²) >= 11 is 4.96. The average Bonchev–Trinajstić information content (AvgIpc) is 2.46. The number of amides is 1. The number of benzene rings is 1. The van der Waals surface area contributed by atoms with E-state index in [2.05, 4.69) is 0 Å². The molecule has 0 bridgehead atoms. The van der Waals surface area contributed by atoms with Gasteiger partial charge in [0.1, 0.15) is 4.99 Å². The Kier molecular flexibility index (Phi) is 4.50. The van der Waals surface area contributed by atoms with Gasteiger partial charge in [0.25, 0.3) is 0 Å². The van der Waals surface area contributed by atoms with Crippen molar-refractivity contribution in [1.82, 2.24) is 0 Å². The first-order chi connectivity index (χ1) is 9.09. The number of nitrogens with two attached hydrogens (primary N) is 1. The van der Waals surface area contributed by atoms with Crippen LogP contribution in [0.4, 0.5) is 5.69 Å². The number of hydrogen-bond donors (Lipinski definition) is 1. The molecule has 1 aromatic rings. The van der Waals surface area contributed by atoms with E-state index < -0.39 is 0 Å². The molecule has 2 rings (SSSR count). The summed E-state index contributed by atoms with van der Waals surface area (Å²) in [5, 5.41) is 0. The molecule has 102 valence electrons. The molecule has 0 saturated carbocycles. The Morgan fingerprint density at radius 2 is 2.11 bits per heavy atom. The summed E-state index contributed by atoms with van der Waals surface area (Å²) in [6.45, 7) is 1.33. The smallest absolute Gasteiger partial charge is 0.230 e. The number of ether oxygens (including phenoxy) is 1. The van der Waals surface area contributed by atoms with Gasteiger partial charge in [0, 0.05) is 37.4 Å². The lowest BCUT2D eigenvalue weighted by Gasteiger charge is -2.26. The Labute approximate surface area is 118 Å². The van der Waals surface area contributed by atoms with E-state index in [1.807, 2.05) is 24.3 Å². The summed E-state index contributed by atoms with van der Waals surface area (Å²) < 4.78 is 5.28. The highest BCUT2D eigenvalue weighted by Crippen LogP contribution is 2.22. The molecule has 0 atom stereocenters. The highest BCUT2D eigenvalue weighted by atomic mass is 32.1. The summed E-state index contributed by atoms with van der Waals surface area (Å²) in [7, 11) is 1.79. The normalized spacial score (nSPS) is 16.1. The number of anilines is 1. The van der Waals surface area contributed by atoms with Crippen LogP contribution in [0.1, 0.15) is 18.4 Å². The van der Waals surface area contributed by atoms with Crippen LogP contribution in [0.15, 0.2) is 24.3 Å². The van der Waals surface area contributed by atoms with Crippen LogP contribution < -0.4 is 10.6 Å². The van der Waals surface area contributed by atoms with Crippen molar-refractivity contribution in [3.8, 4) is 0 Å². The number of carbonyl (C=O) groups is 1. The Hall–Kier alpha value is -1.46. The highest BCUT2D eigenvalue weighted by Gasteiger charge is 2.25. The van der Waals surface area contributed by atoms with E-state index in [0.29, 0.717) is 18.2 Å². The van der Waals surface area contributed by atoms with Crippen LogP contribution in [0.2, 0.25) is 0 Å². The predicted molar refractivity (Wildman–Crippen MR) is 79.3 cm³/mol. The second-order valence-corrected chi connectivity index (χ2v) is 5.14. The van der Waals surface area contributed by atoms with Crippen LogP contribution in [-0.4, -0.2) is 31.2 Å². The Morgan fingerprint density at radius 1 is 1.42 bits per heavy atom. The van der Waals surface area contributed by atoms with E-state index in [1.165, 1.54) is 0 Å². The van der Waals surface area contributed by atoms with Gasteiger partial charge in [-0.15, -0.1) is 0 Å². The van der Waals surface area contributed by atoms with Crippen LogP contribution in [0, 0.1) is 5.92 Å². The van der Waals surface area contributed by atoms with Gasteiger partial charge in [-0.05, 0) is 25.0 Å². The van der Waals surface area contributed by atoms with Gasteiger partial charge in [-0.3, -0.25) is 4.79 Å². The van der Waals surface area contributed by atoms with Crippen molar-refractivity contribution in [1.29, 1.82) is 0 Å². The molecule has 1 aliphatic rings. The SMILES string of the molecule is CN(C(=O)C1CCOCC1)c1cccc(C(N)=S)c1. The topological polar surface area (TPSA) is 55.6 Å². The van der Waals surface area contributed by atoms with Crippen molar-refractivity contribution in [2.75, 3.05) is 25.2 Å². The highest BCUT2D eigenvalue weighted by molar-refractivity contribution is 7.80. The van der Waals surface area contributed by atoms with Crippen molar-refractivity contribution >= 4 is 28.8 Å². The summed E-state index contributed by atoms with van der Waals surface area (Å²) in [5.41, 5.74) is 7.21. The second-order valence-electron chi connectivity index (χ2n) is 4.70. The minimum Gasteiger partial charge on any atom is -0.389 e. The zero-order chi connectivity index (χ0) is 13.8. The molecular formula is C14H18N2O2S. The third-order valence-corrected chi connectivity index (χ3v) is 3.65. The third-order valence-electron chi connectivity index (χ3n) is 3.42. The molecule has 1 aliphatic heterocycles. The zero-order valence-corrected chi connectivity index (χ0v) is 11.8. The molecule has 0 aliphatic carbocycles. The number of thiocarbonyl (C=S) groups is 1. The largest absolute Gasteiger partial charge is 0.389 e. The molecular weight excluding hydrogens is 260 g/mol. The van der Waals surface area contributed by atoms with E-state index in [0.717, 1.165) is 24.1 Å². The van der Waals surface area contributed by atoms with Gasteiger partial charge >= 0.3 is 0 Å². The Morgan fingerprint density at radius 3 is 2.74 bits per heavy atom. The summed E-state index contributed by atoms with van der Waals surface area (Å²) in [5.74, 6) is 0.177. The van der Waals surface area contributed by atoms with Crippen molar-refractivity contribution in [3.05, 3.63) is 29.8 Å². The number of nitrogens with zero attached hydrogens (tertiary/aromatic N) is 1. The minimum atomic E-state index is 0.0484. The van der Waals surface area contributed by atoms with Crippen LogP contribution in [-0.2, 0) is 9.53 Å². The molecule has 1 heterocycles. The monoisotopic (exact) mass is 278 g/mol. The molecule has 1 saturated heterocycles. The number of hydrogen-bond acceptors (Lipinski definition) is 3. The van der Waals surface area contributed by atoms with E-state index in [-0.39, 0.29) is 11.8 Å². The standard InChI is InChI=1S/C14H18N2O2S/c1-16(14(17)10-5-7-18-8-6-10)12-4-2-3-11(9-12)13(15)19/h2-4,9-10H,5-8H2,1H3,(H2,15,19). The molecule has 1 aromatic carbocycles. The quantitative estimate of drug-likeness (QED) is 0.855. The number of carbonyl (C=O) groups excluding carboxylic acids is 1. The molecule has 0 radical (unpaired) electrons. The van der Waals surface area contributed by atoms with Crippen LogP contribution in [0.3, 0.4) is 0 Å². The summed E-state index contributed by atoms with van der Waals surface area (Å²) in [6.07, 6.45) is 1.58. The van der Waals surface area contributed by atoms with Crippen molar-refractivity contribution < 1.29 is 9.53 Å². The maximum absolute atomic E-state index is 12.4. The van der Waals surface area contributed by atoms with Gasteiger partial charge in [0.05, 0.1) is 0 Å². The first-order valence-corrected chi connectivity index (χ1v) is 6.75. The fourth-order valence-electron chi connectivity index (χ4n) is 2.21. The van der Waals surface area contributed by atoms with Gasteiger partial charge in [-0.25, -0.2) is 0 Å². The van der Waals surface area contributed by atoms with Crippen molar-refractivity contribution in [2.45, 2.75) is 12.8 Å². The van der Waals surface area contributed by atoms with E-state index in [9.17, 15) is 4.79 Å². The van der Waals surface area contributed by atoms with Gasteiger partial charge in [-0.1, -0.05) is 24.4 Å². The van der Waals surface area contributed by atoms with E-state index >= 15 is 0 Å². The first-order valence-electron chi connectivity index (χ1n) is 6.35.